The first kappa shape index (κ1) is 22.1. The molecule has 3 aromatic carbocycles. The van der Waals surface area contributed by atoms with Gasteiger partial charge in [0.25, 0.3) is 5.91 Å². The summed E-state index contributed by atoms with van der Waals surface area (Å²) in [6.45, 7) is 2.26. The van der Waals surface area contributed by atoms with E-state index >= 15 is 0 Å². The average molecular weight is 475 g/mol. The van der Waals surface area contributed by atoms with E-state index in [2.05, 4.69) is 15.5 Å². The van der Waals surface area contributed by atoms with Crippen LogP contribution in [0.25, 0.3) is 5.69 Å². The van der Waals surface area contributed by atoms with Crippen molar-refractivity contribution in [1.29, 1.82) is 0 Å². The highest BCUT2D eigenvalue weighted by Crippen LogP contribution is 2.28. The molecule has 1 aliphatic rings. The molecule has 172 valence electrons. The maximum atomic E-state index is 14.1. The summed E-state index contributed by atoms with van der Waals surface area (Å²) in [5, 5.41) is 12.1. The molecule has 9 heteroatoms. The van der Waals surface area contributed by atoms with Gasteiger partial charge in [0.15, 0.2) is 5.82 Å². The van der Waals surface area contributed by atoms with Crippen LogP contribution in [0.3, 0.4) is 0 Å². The number of rotatable bonds is 6. The maximum absolute atomic E-state index is 14.1. The Morgan fingerprint density at radius 3 is 2.38 bits per heavy atom. The lowest BCUT2D eigenvalue weighted by molar-refractivity contribution is 0.0743. The molecular weight excluding hydrogens is 451 g/mol. The Morgan fingerprint density at radius 1 is 0.882 bits per heavy atom. The molecule has 1 amide bonds. The largest absolute Gasteiger partial charge is 0.366 e. The quantitative estimate of drug-likeness (QED) is 0.393. The summed E-state index contributed by atoms with van der Waals surface area (Å²) >= 11 is 1.53. The van der Waals surface area contributed by atoms with Crippen molar-refractivity contribution in [2.45, 2.75) is 10.6 Å². The zero-order valence-corrected chi connectivity index (χ0v) is 19.2. The number of anilines is 1. The number of tetrazole rings is 1. The lowest BCUT2D eigenvalue weighted by atomic mass is 10.1. The number of aromatic nitrogens is 4. The molecule has 0 aliphatic carbocycles. The third kappa shape index (κ3) is 4.65. The molecule has 0 bridgehead atoms. The maximum Gasteiger partial charge on any atom is 0.255 e. The van der Waals surface area contributed by atoms with Crippen molar-refractivity contribution in [1.82, 2.24) is 25.1 Å². The lowest BCUT2D eigenvalue weighted by Gasteiger charge is -2.36. The molecular formula is C25H23FN6OS. The first-order valence-corrected chi connectivity index (χ1v) is 12.0. The molecule has 7 nitrogen and oxygen atoms in total. The van der Waals surface area contributed by atoms with E-state index in [1.165, 1.54) is 17.8 Å². The highest BCUT2D eigenvalue weighted by molar-refractivity contribution is 7.98. The van der Waals surface area contributed by atoms with Gasteiger partial charge in [-0.25, -0.2) is 4.39 Å². The Balaban J connectivity index is 1.27. The molecule has 4 aromatic rings. The van der Waals surface area contributed by atoms with Gasteiger partial charge >= 0.3 is 0 Å². The van der Waals surface area contributed by atoms with E-state index in [-0.39, 0.29) is 11.7 Å². The fourth-order valence-corrected chi connectivity index (χ4v) is 4.96. The minimum atomic E-state index is -0.234. The van der Waals surface area contributed by atoms with Crippen molar-refractivity contribution in [3.63, 3.8) is 0 Å². The standard InChI is InChI=1S/C25H23FN6OS/c26-21-11-5-6-12-22(21)30-14-16-31(17-15-30)25(33)20-10-4-7-13-23(20)34-18-24-27-28-29-32(24)19-8-2-1-3-9-19/h1-13H,14-18H2. The van der Waals surface area contributed by atoms with Gasteiger partial charge in [0.2, 0.25) is 0 Å². The van der Waals surface area contributed by atoms with Gasteiger partial charge in [0, 0.05) is 31.1 Å². The second-order valence-electron chi connectivity index (χ2n) is 7.86. The van der Waals surface area contributed by atoms with Crippen LogP contribution in [0, 0.1) is 5.82 Å². The summed E-state index contributed by atoms with van der Waals surface area (Å²) < 4.78 is 15.9. The number of nitrogens with zero attached hydrogens (tertiary/aromatic N) is 6. The molecule has 0 radical (unpaired) electrons. The number of hydrogen-bond donors (Lipinski definition) is 0. The molecule has 0 unspecified atom stereocenters. The zero-order valence-electron chi connectivity index (χ0n) is 18.4. The highest BCUT2D eigenvalue weighted by Gasteiger charge is 2.25. The van der Waals surface area contributed by atoms with Crippen molar-refractivity contribution >= 4 is 23.4 Å². The SMILES string of the molecule is O=C(c1ccccc1SCc1nnnn1-c1ccccc1)N1CCN(c2ccccc2F)CC1. The van der Waals surface area contributed by atoms with Crippen LogP contribution in [0.2, 0.25) is 0 Å². The molecule has 1 fully saturated rings. The van der Waals surface area contributed by atoms with Crippen LogP contribution < -0.4 is 4.90 Å². The molecule has 0 saturated carbocycles. The van der Waals surface area contributed by atoms with Gasteiger partial charge in [-0.1, -0.05) is 42.5 Å². The second kappa shape index (κ2) is 10.0. The normalized spacial score (nSPS) is 13.8. The Morgan fingerprint density at radius 2 is 1.59 bits per heavy atom. The summed E-state index contributed by atoms with van der Waals surface area (Å²) in [5.41, 5.74) is 2.13. The van der Waals surface area contributed by atoms with Crippen LogP contribution in [-0.2, 0) is 5.75 Å². The van der Waals surface area contributed by atoms with Crippen molar-refractivity contribution < 1.29 is 9.18 Å². The number of piperazine rings is 1. The van der Waals surface area contributed by atoms with Gasteiger partial charge in [0.1, 0.15) is 5.82 Å². The van der Waals surface area contributed by atoms with Crippen molar-refractivity contribution in [3.05, 3.63) is 96.1 Å². The Hall–Kier alpha value is -3.72. The van der Waals surface area contributed by atoms with Gasteiger partial charge in [-0.15, -0.1) is 16.9 Å². The average Bonchev–Trinajstić information content (AvgIpc) is 3.37. The predicted molar refractivity (Wildman–Crippen MR) is 130 cm³/mol. The summed E-state index contributed by atoms with van der Waals surface area (Å²) in [4.78, 5) is 18.1. The number of thioether (sulfide) groups is 1. The first-order valence-electron chi connectivity index (χ1n) is 11.0. The fourth-order valence-electron chi connectivity index (χ4n) is 4.01. The van der Waals surface area contributed by atoms with Crippen molar-refractivity contribution in [2.75, 3.05) is 31.1 Å². The van der Waals surface area contributed by atoms with Crippen molar-refractivity contribution in [3.8, 4) is 5.69 Å². The van der Waals surface area contributed by atoms with E-state index in [1.54, 1.807) is 16.8 Å². The summed E-state index contributed by atoms with van der Waals surface area (Å²) in [5.74, 6) is 0.977. The summed E-state index contributed by atoms with van der Waals surface area (Å²) in [7, 11) is 0. The molecule has 1 aliphatic heterocycles. The monoisotopic (exact) mass is 474 g/mol. The topological polar surface area (TPSA) is 67.2 Å². The first-order chi connectivity index (χ1) is 16.7. The van der Waals surface area contributed by atoms with Crippen LogP contribution in [0.15, 0.2) is 83.8 Å². The summed E-state index contributed by atoms with van der Waals surface area (Å²) in [6.07, 6.45) is 0. The highest BCUT2D eigenvalue weighted by atomic mass is 32.2. The van der Waals surface area contributed by atoms with Crippen LogP contribution in [0.4, 0.5) is 10.1 Å². The van der Waals surface area contributed by atoms with Crippen LogP contribution in [0.5, 0.6) is 0 Å². The molecule has 34 heavy (non-hydrogen) atoms. The Kier molecular flexibility index (Phi) is 6.53. The number of para-hydroxylation sites is 2. The number of benzene rings is 3. The van der Waals surface area contributed by atoms with E-state index < -0.39 is 0 Å². The van der Waals surface area contributed by atoms with Crippen LogP contribution in [0.1, 0.15) is 16.2 Å². The molecule has 1 aromatic heterocycles. The minimum Gasteiger partial charge on any atom is -0.366 e. The third-order valence-corrected chi connectivity index (χ3v) is 6.84. The number of amides is 1. The number of carbonyl (C=O) groups excluding carboxylic acids is 1. The van der Waals surface area contributed by atoms with E-state index in [0.717, 1.165) is 10.6 Å². The van der Waals surface area contributed by atoms with Crippen LogP contribution >= 0.6 is 11.8 Å². The predicted octanol–water partition coefficient (Wildman–Crippen LogP) is 4.06. The molecule has 2 heterocycles. The number of hydrogen-bond acceptors (Lipinski definition) is 6. The van der Waals surface area contributed by atoms with Gasteiger partial charge in [-0.05, 0) is 46.8 Å². The Labute approximate surface area is 201 Å². The zero-order chi connectivity index (χ0) is 23.3. The lowest BCUT2D eigenvalue weighted by Crippen LogP contribution is -2.49. The smallest absolute Gasteiger partial charge is 0.255 e. The molecule has 0 spiro atoms. The van der Waals surface area contributed by atoms with Gasteiger partial charge < -0.3 is 9.80 Å². The molecule has 5 rings (SSSR count). The number of halogens is 1. The number of carbonyl (C=O) groups is 1. The third-order valence-electron chi connectivity index (χ3n) is 5.77. The molecule has 0 atom stereocenters. The van der Waals surface area contributed by atoms with Gasteiger partial charge in [-0.3, -0.25) is 4.79 Å². The Bertz CT molecular complexity index is 1270. The minimum absolute atomic E-state index is 0.0149. The fraction of sp³-hybridized carbons (Fsp3) is 0.200. The second-order valence-corrected chi connectivity index (χ2v) is 8.88. The van der Waals surface area contributed by atoms with Gasteiger partial charge in [0.05, 0.1) is 22.7 Å². The van der Waals surface area contributed by atoms with Crippen LogP contribution in [-0.4, -0.2) is 57.2 Å². The van der Waals surface area contributed by atoms with E-state index in [9.17, 15) is 9.18 Å². The van der Waals surface area contributed by atoms with E-state index in [0.29, 0.717) is 49.0 Å². The molecule has 0 N–H and O–H groups in total. The van der Waals surface area contributed by atoms with Crippen molar-refractivity contribution in [2.24, 2.45) is 0 Å². The van der Waals surface area contributed by atoms with E-state index in [4.69, 9.17) is 0 Å². The molecule has 1 saturated heterocycles. The van der Waals surface area contributed by atoms with Gasteiger partial charge in [-0.2, -0.15) is 4.68 Å². The van der Waals surface area contributed by atoms with E-state index in [1.807, 2.05) is 70.5 Å². The summed E-state index contributed by atoms with van der Waals surface area (Å²) in [6, 6.07) is 24.1.